The lowest BCUT2D eigenvalue weighted by Crippen LogP contribution is -1.76. The van der Waals surface area contributed by atoms with Gasteiger partial charge in [-0.1, -0.05) is 46.0 Å². The van der Waals surface area contributed by atoms with Crippen molar-refractivity contribution < 1.29 is 8.76 Å². The second-order valence-electron chi connectivity index (χ2n) is 3.03. The van der Waals surface area contributed by atoms with E-state index in [0.29, 0.717) is 5.65 Å². The molecule has 0 radical (unpaired) electrons. The van der Waals surface area contributed by atoms with E-state index in [0.717, 1.165) is 5.52 Å². The van der Waals surface area contributed by atoms with Crippen molar-refractivity contribution >= 4 is 32.0 Å². The highest BCUT2D eigenvalue weighted by Gasteiger charge is 1.91. The Hall–Kier alpha value is -1.90. The predicted molar refractivity (Wildman–Crippen MR) is 76.2 cm³/mol. The maximum atomic E-state index is 8.93. The molecule has 3 aromatic rings. The summed E-state index contributed by atoms with van der Waals surface area (Å²) in [6.45, 7) is 0. The Kier molecular flexibility index (Phi) is 7.25. The van der Waals surface area contributed by atoms with Crippen molar-refractivity contribution in [1.29, 1.82) is 0 Å². The highest BCUT2D eigenvalue weighted by atomic mass is 32.8. The number of aromatic nitrogens is 4. The second-order valence-corrected chi connectivity index (χ2v) is 4.32. The molecule has 19 heavy (non-hydrogen) atoms. The largest absolute Gasteiger partial charge is 0.459 e. The van der Waals surface area contributed by atoms with E-state index in [2.05, 4.69) is 31.1 Å². The Bertz CT molecular complexity index is 591. The summed E-state index contributed by atoms with van der Waals surface area (Å²) in [5.41, 5.74) is 1.59. The van der Waals surface area contributed by atoms with E-state index in [1.807, 2.05) is 36.4 Å². The number of hydrogen-bond donors (Lipinski definition) is 2. The number of imidazole rings is 1. The Morgan fingerprint density at radius 1 is 1.11 bits per heavy atom. The van der Waals surface area contributed by atoms with Gasteiger partial charge >= 0.3 is 0 Å². The number of nitrogens with zero attached hydrogens (tertiary/aromatic N) is 3. The van der Waals surface area contributed by atoms with E-state index in [9.17, 15) is 0 Å². The molecule has 2 aromatic heterocycles. The maximum Gasteiger partial charge on any atom is 0.180 e. The minimum absolute atomic E-state index is 0.713. The summed E-state index contributed by atoms with van der Waals surface area (Å²) in [6, 6.07) is 12.0. The lowest BCUT2D eigenvalue weighted by Gasteiger charge is -1.80. The van der Waals surface area contributed by atoms with Crippen molar-refractivity contribution in [1.82, 2.24) is 19.9 Å². The third-order valence-electron chi connectivity index (χ3n) is 1.76. The summed E-state index contributed by atoms with van der Waals surface area (Å²) in [5, 5.41) is 0. The Morgan fingerprint density at radius 3 is 2.11 bits per heavy atom. The van der Waals surface area contributed by atoms with Gasteiger partial charge in [-0.05, 0) is 0 Å². The molecule has 6 nitrogen and oxygen atoms in total. The van der Waals surface area contributed by atoms with Crippen LogP contribution in [0.2, 0.25) is 0 Å². The monoisotopic (exact) mass is 295 g/mol. The Labute approximate surface area is 116 Å². The molecule has 0 fully saturated rings. The third kappa shape index (κ3) is 7.19. The fourth-order valence-electron chi connectivity index (χ4n) is 1.08. The van der Waals surface area contributed by atoms with E-state index < -0.39 is 9.64 Å². The van der Waals surface area contributed by atoms with Gasteiger partial charge < -0.3 is 13.7 Å². The smallest absolute Gasteiger partial charge is 0.180 e. The van der Waals surface area contributed by atoms with E-state index in [4.69, 9.17) is 8.76 Å². The topological polar surface area (TPSA) is 91.8 Å². The van der Waals surface area contributed by atoms with Gasteiger partial charge in [-0.2, -0.15) is 0 Å². The van der Waals surface area contributed by atoms with Gasteiger partial charge in [0.1, 0.15) is 11.8 Å². The molecule has 100 valence electrons. The number of nitrogens with one attached hydrogen (secondary N) is 1. The third-order valence-corrected chi connectivity index (χ3v) is 1.76. The van der Waals surface area contributed by atoms with Crippen molar-refractivity contribution in [3.05, 3.63) is 55.2 Å². The standard InChI is InChI=1S/C6H6.C5H4N4.HO2S2/c1-2-4-6-5-3-1;1-4-5(8-2-6-1)9-3-7-4;1-4(2)3/h1-6H;1-3H,(H,6,7,8,9);(H,1,2,3)/q;;-1. The SMILES string of the molecule is O=[S-](O)=S.c1ccccc1.c1ncc2[nH]cnc2n1. The molecule has 2 N–H and O–H groups in total. The first-order valence-electron chi connectivity index (χ1n) is 5.07. The van der Waals surface area contributed by atoms with Crippen LogP contribution < -0.4 is 0 Å². The van der Waals surface area contributed by atoms with Crippen LogP contribution >= 0.6 is 0 Å². The van der Waals surface area contributed by atoms with Gasteiger partial charge in [-0.25, -0.2) is 26.1 Å². The number of hydrogen-bond acceptors (Lipinski definition) is 6. The Morgan fingerprint density at radius 2 is 1.63 bits per heavy atom. The molecule has 0 spiro atoms. The summed E-state index contributed by atoms with van der Waals surface area (Å²) in [6.07, 6.45) is 4.76. The number of benzene rings is 1. The van der Waals surface area contributed by atoms with Crippen LogP contribution in [-0.4, -0.2) is 24.5 Å². The van der Waals surface area contributed by atoms with Crippen LogP contribution in [0.25, 0.3) is 11.2 Å². The van der Waals surface area contributed by atoms with E-state index in [1.165, 1.54) is 6.33 Å². The average Bonchev–Trinajstić information content (AvgIpc) is 2.89. The van der Waals surface area contributed by atoms with Gasteiger partial charge in [0.2, 0.25) is 0 Å². The van der Waals surface area contributed by atoms with Crippen molar-refractivity contribution in [2.45, 2.75) is 0 Å². The zero-order chi connectivity index (χ0) is 13.9. The predicted octanol–water partition coefficient (Wildman–Crippen LogP) is 1.92. The quantitative estimate of drug-likeness (QED) is 0.486. The normalized spacial score (nSPS) is 9.16. The van der Waals surface area contributed by atoms with Gasteiger partial charge in [0.25, 0.3) is 0 Å². The van der Waals surface area contributed by atoms with E-state index >= 15 is 0 Å². The van der Waals surface area contributed by atoms with Gasteiger partial charge in [0.15, 0.2) is 5.65 Å². The van der Waals surface area contributed by atoms with Crippen molar-refractivity contribution in [2.24, 2.45) is 0 Å². The molecule has 0 saturated heterocycles. The van der Waals surface area contributed by atoms with Crippen LogP contribution in [0.5, 0.6) is 0 Å². The lowest BCUT2D eigenvalue weighted by atomic mass is 10.4. The fourth-order valence-corrected chi connectivity index (χ4v) is 1.08. The summed E-state index contributed by atoms with van der Waals surface area (Å²) in [7, 11) is -2.03. The van der Waals surface area contributed by atoms with Crippen LogP contribution in [0.15, 0.2) is 55.2 Å². The van der Waals surface area contributed by atoms with E-state index in [1.54, 1.807) is 12.5 Å². The first-order chi connectivity index (χ1) is 9.20. The summed E-state index contributed by atoms with van der Waals surface area (Å²) >= 11 is 3.65. The van der Waals surface area contributed by atoms with Gasteiger partial charge in [0.05, 0.1) is 12.5 Å². The summed E-state index contributed by atoms with van der Waals surface area (Å²) in [5.74, 6) is 0. The van der Waals surface area contributed by atoms with Gasteiger partial charge in [0, 0.05) is 0 Å². The molecule has 0 aliphatic carbocycles. The highest BCUT2D eigenvalue weighted by molar-refractivity contribution is 8.18. The maximum absolute atomic E-state index is 8.93. The van der Waals surface area contributed by atoms with Gasteiger partial charge in [-0.3, -0.25) is 0 Å². The van der Waals surface area contributed by atoms with Crippen LogP contribution in [-0.2, 0) is 25.0 Å². The lowest BCUT2D eigenvalue weighted by molar-refractivity contribution is 0.536. The Balaban J connectivity index is 0.000000158. The van der Waals surface area contributed by atoms with Crippen molar-refractivity contribution in [2.75, 3.05) is 0 Å². The van der Waals surface area contributed by atoms with Crippen molar-refractivity contribution in [3.63, 3.8) is 0 Å². The van der Waals surface area contributed by atoms with Gasteiger partial charge in [-0.15, -0.1) is 0 Å². The number of fused-ring (bicyclic) bond motifs is 1. The summed E-state index contributed by atoms with van der Waals surface area (Å²) in [4.78, 5) is 14.5. The summed E-state index contributed by atoms with van der Waals surface area (Å²) < 4.78 is 16.3. The molecule has 2 heterocycles. The average molecular weight is 295 g/mol. The van der Waals surface area contributed by atoms with Crippen LogP contribution in [0.4, 0.5) is 0 Å². The highest BCUT2D eigenvalue weighted by Crippen LogP contribution is 1.99. The minimum atomic E-state index is -2.03. The molecule has 0 aliphatic heterocycles. The van der Waals surface area contributed by atoms with E-state index in [-0.39, 0.29) is 0 Å². The van der Waals surface area contributed by atoms with Crippen molar-refractivity contribution in [3.8, 4) is 0 Å². The fraction of sp³-hybridized carbons (Fsp3) is 0. The minimum Gasteiger partial charge on any atom is -0.459 e. The number of H-pyrrole nitrogens is 1. The molecular weight excluding hydrogens is 284 g/mol. The molecule has 0 aliphatic rings. The molecule has 0 saturated carbocycles. The van der Waals surface area contributed by atoms with Crippen LogP contribution in [0, 0.1) is 0 Å². The molecular formula is C11H11N4O2S2-. The van der Waals surface area contributed by atoms with Crippen LogP contribution in [0.3, 0.4) is 0 Å². The molecule has 0 atom stereocenters. The number of aromatic amines is 1. The first kappa shape index (κ1) is 15.2. The first-order valence-corrected chi connectivity index (χ1v) is 7.11. The number of rotatable bonds is 0. The molecule has 8 heteroatoms. The zero-order valence-corrected chi connectivity index (χ0v) is 11.3. The second kappa shape index (κ2) is 9.09. The molecule has 0 unspecified atom stereocenters. The molecule has 0 bridgehead atoms. The molecule has 1 aromatic carbocycles. The molecule has 3 rings (SSSR count). The molecule has 0 amide bonds. The zero-order valence-electron chi connectivity index (χ0n) is 9.71. The van der Waals surface area contributed by atoms with Crippen LogP contribution in [0.1, 0.15) is 0 Å².